The van der Waals surface area contributed by atoms with Gasteiger partial charge in [-0.05, 0) is 44.8 Å². The summed E-state index contributed by atoms with van der Waals surface area (Å²) in [5.74, 6) is 1.30. The molecule has 168 valence electrons. The molecule has 7 heteroatoms. The van der Waals surface area contributed by atoms with Crippen LogP contribution >= 0.6 is 11.3 Å². The number of benzene rings is 2. The van der Waals surface area contributed by atoms with Gasteiger partial charge in [0.2, 0.25) is 5.91 Å². The normalized spacial score (nSPS) is 11.1. The molecule has 0 saturated heterocycles. The Bertz CT molecular complexity index is 1050. The summed E-state index contributed by atoms with van der Waals surface area (Å²) in [6.07, 6.45) is 4.17. The zero-order valence-corrected chi connectivity index (χ0v) is 19.5. The molecule has 0 atom stereocenters. The van der Waals surface area contributed by atoms with Crippen LogP contribution in [0.25, 0.3) is 17.3 Å². The number of nitrogens with zero attached hydrogens (tertiary/aromatic N) is 2. The maximum atomic E-state index is 12.4. The first-order valence-electron chi connectivity index (χ1n) is 10.6. The molecule has 0 aliphatic carbocycles. The van der Waals surface area contributed by atoms with Crippen LogP contribution in [0, 0.1) is 0 Å². The van der Waals surface area contributed by atoms with Crippen molar-refractivity contribution in [1.29, 1.82) is 0 Å². The highest BCUT2D eigenvalue weighted by Gasteiger charge is 2.11. The molecule has 1 N–H and O–H groups in total. The van der Waals surface area contributed by atoms with Crippen molar-refractivity contribution in [1.82, 2.24) is 9.88 Å². The van der Waals surface area contributed by atoms with Crippen molar-refractivity contribution >= 4 is 28.5 Å². The van der Waals surface area contributed by atoms with Gasteiger partial charge in [-0.3, -0.25) is 10.1 Å². The summed E-state index contributed by atoms with van der Waals surface area (Å²) in [7, 11) is 4.02. The van der Waals surface area contributed by atoms with Crippen LogP contribution in [0.5, 0.6) is 11.5 Å². The summed E-state index contributed by atoms with van der Waals surface area (Å²) in [4.78, 5) is 19.1. The lowest BCUT2D eigenvalue weighted by Gasteiger charge is -2.13. The van der Waals surface area contributed by atoms with Gasteiger partial charge in [0.15, 0.2) is 5.13 Å². The second-order valence-electron chi connectivity index (χ2n) is 7.39. The van der Waals surface area contributed by atoms with Crippen molar-refractivity contribution in [3.05, 3.63) is 65.6 Å². The number of carbonyl (C=O) groups excluding carboxylic acids is 1. The van der Waals surface area contributed by atoms with Crippen LogP contribution in [0.3, 0.4) is 0 Å². The smallest absolute Gasteiger partial charge is 0.250 e. The zero-order valence-electron chi connectivity index (χ0n) is 18.7. The third-order valence-electron chi connectivity index (χ3n) is 4.49. The van der Waals surface area contributed by atoms with Crippen molar-refractivity contribution in [3.8, 4) is 22.8 Å². The number of rotatable bonds is 11. The molecule has 0 fully saturated rings. The molecular weight excluding hydrogens is 422 g/mol. The van der Waals surface area contributed by atoms with E-state index >= 15 is 0 Å². The number of thiazole rings is 1. The molecule has 0 aliphatic rings. The van der Waals surface area contributed by atoms with E-state index in [1.807, 2.05) is 68.0 Å². The summed E-state index contributed by atoms with van der Waals surface area (Å²) in [5.41, 5.74) is 2.54. The fourth-order valence-electron chi connectivity index (χ4n) is 2.87. The highest BCUT2D eigenvalue weighted by atomic mass is 32.1. The summed E-state index contributed by atoms with van der Waals surface area (Å²) in [5, 5.41) is 5.29. The number of anilines is 1. The van der Waals surface area contributed by atoms with Crippen LogP contribution in [0.2, 0.25) is 0 Å². The molecule has 3 rings (SSSR count). The number of amides is 1. The number of para-hydroxylation sites is 2. The predicted molar refractivity (Wildman–Crippen MR) is 131 cm³/mol. The van der Waals surface area contributed by atoms with Crippen LogP contribution in [0.15, 0.2) is 60.0 Å². The monoisotopic (exact) mass is 451 g/mol. The fourth-order valence-corrected chi connectivity index (χ4v) is 3.58. The summed E-state index contributed by atoms with van der Waals surface area (Å²) in [6.45, 7) is 4.11. The molecule has 6 nitrogen and oxygen atoms in total. The van der Waals surface area contributed by atoms with Crippen LogP contribution in [-0.4, -0.2) is 49.6 Å². The molecule has 0 bridgehead atoms. The Morgan fingerprint density at radius 1 is 1.06 bits per heavy atom. The number of hydrogen-bond donors (Lipinski definition) is 1. The molecule has 1 aromatic heterocycles. The Balaban J connectivity index is 1.65. The maximum Gasteiger partial charge on any atom is 0.250 e. The largest absolute Gasteiger partial charge is 0.493 e. The standard InChI is InChI=1S/C25H29N3O3S/c1-4-16-30-22-11-7-5-9-19(22)13-14-24(29)27-25-26-21(18-32-25)20-10-6-8-12-23(20)31-17-15-28(2)3/h5-14,18H,4,15-17H2,1-3H3,(H,26,27,29)/b14-13+. The molecule has 1 amide bonds. The van der Waals surface area contributed by atoms with Crippen molar-refractivity contribution in [2.24, 2.45) is 0 Å². The number of carbonyl (C=O) groups is 1. The quantitative estimate of drug-likeness (QED) is 0.407. The van der Waals surface area contributed by atoms with E-state index in [1.54, 1.807) is 6.08 Å². The van der Waals surface area contributed by atoms with Gasteiger partial charge in [-0.1, -0.05) is 37.3 Å². The molecule has 0 unspecified atom stereocenters. The van der Waals surface area contributed by atoms with E-state index in [0.29, 0.717) is 18.3 Å². The van der Waals surface area contributed by atoms with E-state index in [-0.39, 0.29) is 5.91 Å². The van der Waals surface area contributed by atoms with Crippen LogP contribution < -0.4 is 14.8 Å². The highest BCUT2D eigenvalue weighted by Crippen LogP contribution is 2.32. The second kappa shape index (κ2) is 12.0. The number of hydrogen-bond acceptors (Lipinski definition) is 6. The first-order valence-corrected chi connectivity index (χ1v) is 11.5. The Kier molecular flexibility index (Phi) is 8.83. The second-order valence-corrected chi connectivity index (χ2v) is 8.25. The van der Waals surface area contributed by atoms with Gasteiger partial charge in [-0.2, -0.15) is 0 Å². The van der Waals surface area contributed by atoms with E-state index in [4.69, 9.17) is 9.47 Å². The predicted octanol–water partition coefficient (Wildman–Crippen LogP) is 5.19. The molecule has 0 saturated carbocycles. The van der Waals surface area contributed by atoms with Gasteiger partial charge in [-0.25, -0.2) is 4.98 Å². The number of likely N-dealkylation sites (N-methyl/N-ethyl adjacent to an activating group) is 1. The van der Waals surface area contributed by atoms with Crippen molar-refractivity contribution in [2.75, 3.05) is 39.2 Å². The van der Waals surface area contributed by atoms with Gasteiger partial charge < -0.3 is 14.4 Å². The maximum absolute atomic E-state index is 12.4. The summed E-state index contributed by atoms with van der Waals surface area (Å²) in [6, 6.07) is 15.5. The highest BCUT2D eigenvalue weighted by molar-refractivity contribution is 7.14. The van der Waals surface area contributed by atoms with Gasteiger partial charge in [-0.15, -0.1) is 11.3 Å². The lowest BCUT2D eigenvalue weighted by Crippen LogP contribution is -2.19. The minimum absolute atomic E-state index is 0.244. The third-order valence-corrected chi connectivity index (χ3v) is 5.25. The summed E-state index contributed by atoms with van der Waals surface area (Å²) >= 11 is 1.38. The molecule has 0 radical (unpaired) electrons. The topological polar surface area (TPSA) is 63.7 Å². The Labute approximate surface area is 193 Å². The minimum Gasteiger partial charge on any atom is -0.493 e. The van der Waals surface area contributed by atoms with E-state index < -0.39 is 0 Å². The fraction of sp³-hybridized carbons (Fsp3) is 0.280. The number of aromatic nitrogens is 1. The van der Waals surface area contributed by atoms with Gasteiger partial charge in [0, 0.05) is 29.1 Å². The Hall–Kier alpha value is -3.16. The van der Waals surface area contributed by atoms with Gasteiger partial charge >= 0.3 is 0 Å². The molecule has 32 heavy (non-hydrogen) atoms. The first-order chi connectivity index (χ1) is 15.6. The number of nitrogens with one attached hydrogen (secondary N) is 1. The number of ether oxygens (including phenoxy) is 2. The summed E-state index contributed by atoms with van der Waals surface area (Å²) < 4.78 is 11.7. The van der Waals surface area contributed by atoms with Crippen LogP contribution in [-0.2, 0) is 4.79 Å². The van der Waals surface area contributed by atoms with Gasteiger partial charge in [0.1, 0.15) is 18.1 Å². The van der Waals surface area contributed by atoms with Crippen molar-refractivity contribution in [3.63, 3.8) is 0 Å². The average molecular weight is 452 g/mol. The lowest BCUT2D eigenvalue weighted by atomic mass is 10.1. The van der Waals surface area contributed by atoms with Crippen molar-refractivity contribution < 1.29 is 14.3 Å². The van der Waals surface area contributed by atoms with E-state index in [2.05, 4.69) is 22.1 Å². The van der Waals surface area contributed by atoms with E-state index in [9.17, 15) is 4.79 Å². The first kappa shape index (κ1) is 23.5. The van der Waals surface area contributed by atoms with Crippen LogP contribution in [0.4, 0.5) is 5.13 Å². The third kappa shape index (κ3) is 6.93. The SMILES string of the molecule is CCCOc1ccccc1/C=C/C(=O)Nc1nc(-c2ccccc2OCCN(C)C)cs1. The molecule has 0 aliphatic heterocycles. The van der Waals surface area contributed by atoms with Crippen LogP contribution in [0.1, 0.15) is 18.9 Å². The molecule has 0 spiro atoms. The van der Waals surface area contributed by atoms with E-state index in [1.165, 1.54) is 17.4 Å². The van der Waals surface area contributed by atoms with Gasteiger partial charge in [0.05, 0.1) is 12.3 Å². The zero-order chi connectivity index (χ0) is 22.8. The average Bonchev–Trinajstić information content (AvgIpc) is 3.25. The Morgan fingerprint density at radius 3 is 2.56 bits per heavy atom. The minimum atomic E-state index is -0.244. The Morgan fingerprint density at radius 2 is 1.78 bits per heavy atom. The molecule has 2 aromatic carbocycles. The molecule has 3 aromatic rings. The van der Waals surface area contributed by atoms with E-state index in [0.717, 1.165) is 41.3 Å². The van der Waals surface area contributed by atoms with Gasteiger partial charge in [0.25, 0.3) is 0 Å². The molecular formula is C25H29N3O3S. The lowest BCUT2D eigenvalue weighted by molar-refractivity contribution is -0.111. The van der Waals surface area contributed by atoms with Crippen molar-refractivity contribution in [2.45, 2.75) is 13.3 Å². The molecule has 1 heterocycles.